The van der Waals surface area contributed by atoms with Crippen molar-refractivity contribution in [3.05, 3.63) is 15.0 Å². The summed E-state index contributed by atoms with van der Waals surface area (Å²) in [6, 6.07) is 0. The maximum Gasteiger partial charge on any atom is 0.123 e. The van der Waals surface area contributed by atoms with Crippen LogP contribution in [0, 0.1) is 5.92 Å². The first-order chi connectivity index (χ1) is 6.68. The summed E-state index contributed by atoms with van der Waals surface area (Å²) >= 11 is 4.96. The van der Waals surface area contributed by atoms with Crippen LogP contribution in [0.5, 0.6) is 0 Å². The van der Waals surface area contributed by atoms with Gasteiger partial charge in [-0.1, -0.05) is 13.3 Å². The monoisotopic (exact) mass is 275 g/mol. The summed E-state index contributed by atoms with van der Waals surface area (Å²) in [5.41, 5.74) is 1.18. The second kappa shape index (κ2) is 3.91. The molecule has 0 spiro atoms. The Hall–Kier alpha value is 0.0700. The Kier molecular flexibility index (Phi) is 2.96. The third-order valence-corrected chi connectivity index (χ3v) is 5.05. The van der Waals surface area contributed by atoms with Crippen molar-refractivity contribution in [3.63, 3.8) is 0 Å². The van der Waals surface area contributed by atoms with Crippen molar-refractivity contribution < 1.29 is 5.11 Å². The quantitative estimate of drug-likeness (QED) is 0.899. The van der Waals surface area contributed by atoms with Crippen molar-refractivity contribution in [2.75, 3.05) is 0 Å². The Balaban J connectivity index is 2.36. The van der Waals surface area contributed by atoms with E-state index < -0.39 is 5.60 Å². The van der Waals surface area contributed by atoms with Gasteiger partial charge in [0.25, 0.3) is 0 Å². The second-order valence-electron chi connectivity index (χ2n) is 3.89. The van der Waals surface area contributed by atoms with Crippen molar-refractivity contribution in [2.24, 2.45) is 5.92 Å². The third kappa shape index (κ3) is 1.53. The highest BCUT2D eigenvalue weighted by Crippen LogP contribution is 2.48. The number of aromatic nitrogens is 1. The highest BCUT2D eigenvalue weighted by molar-refractivity contribution is 9.10. The van der Waals surface area contributed by atoms with Gasteiger partial charge in [-0.05, 0) is 41.1 Å². The Morgan fingerprint density at radius 1 is 1.79 bits per heavy atom. The molecular weight excluding hydrogens is 262 g/mol. The van der Waals surface area contributed by atoms with Gasteiger partial charge in [-0.15, -0.1) is 11.3 Å². The lowest BCUT2D eigenvalue weighted by atomic mass is 9.88. The highest BCUT2D eigenvalue weighted by Gasteiger charge is 2.43. The van der Waals surface area contributed by atoms with E-state index in [0.29, 0.717) is 5.92 Å². The van der Waals surface area contributed by atoms with Gasteiger partial charge in [0.2, 0.25) is 0 Å². The maximum absolute atomic E-state index is 10.6. The van der Waals surface area contributed by atoms with Crippen LogP contribution in [0.3, 0.4) is 0 Å². The fourth-order valence-corrected chi connectivity index (χ4v) is 4.16. The molecule has 2 rings (SSSR count). The number of hydrogen-bond acceptors (Lipinski definition) is 3. The molecule has 1 saturated carbocycles. The van der Waals surface area contributed by atoms with E-state index >= 15 is 0 Å². The molecule has 1 aliphatic rings. The standard InChI is InChI=1S/C10H14BrNOS/c1-2-7-4-3-5-10(7,13)8-9(11)12-6-14-8/h6-7,13H,2-5H2,1H3. The number of aliphatic hydroxyl groups is 1. The zero-order valence-corrected chi connectivity index (χ0v) is 10.6. The van der Waals surface area contributed by atoms with Crippen molar-refractivity contribution in [2.45, 2.75) is 38.2 Å². The zero-order valence-electron chi connectivity index (χ0n) is 8.16. The normalized spacial score (nSPS) is 32.4. The van der Waals surface area contributed by atoms with Crippen molar-refractivity contribution in [1.82, 2.24) is 4.98 Å². The van der Waals surface area contributed by atoms with Crippen molar-refractivity contribution >= 4 is 27.3 Å². The van der Waals surface area contributed by atoms with Crippen LogP contribution in [0.4, 0.5) is 0 Å². The minimum Gasteiger partial charge on any atom is -0.384 e. The molecule has 0 aromatic carbocycles. The van der Waals surface area contributed by atoms with E-state index in [9.17, 15) is 5.11 Å². The third-order valence-electron chi connectivity index (χ3n) is 3.20. The molecule has 1 aliphatic carbocycles. The Morgan fingerprint density at radius 3 is 3.14 bits per heavy atom. The molecule has 1 fully saturated rings. The molecule has 2 unspecified atom stereocenters. The first kappa shape index (κ1) is 10.6. The van der Waals surface area contributed by atoms with Crippen LogP contribution in [0.25, 0.3) is 0 Å². The molecule has 4 heteroatoms. The van der Waals surface area contributed by atoms with Crippen LogP contribution in [0.2, 0.25) is 0 Å². The number of thiazole rings is 1. The molecule has 0 saturated heterocycles. The summed E-state index contributed by atoms with van der Waals surface area (Å²) in [6.45, 7) is 2.15. The lowest BCUT2D eigenvalue weighted by molar-refractivity contribution is -0.00119. The molecule has 1 N–H and O–H groups in total. The first-order valence-corrected chi connectivity index (χ1v) is 6.67. The molecular formula is C10H14BrNOS. The fourth-order valence-electron chi connectivity index (χ4n) is 2.41. The van der Waals surface area contributed by atoms with E-state index in [4.69, 9.17) is 0 Å². The molecule has 2 atom stereocenters. The van der Waals surface area contributed by atoms with Crippen LogP contribution >= 0.6 is 27.3 Å². The zero-order chi connectivity index (χ0) is 10.2. The molecule has 2 nitrogen and oxygen atoms in total. The molecule has 78 valence electrons. The SMILES string of the molecule is CCC1CCCC1(O)c1scnc1Br. The van der Waals surface area contributed by atoms with Crippen LogP contribution in [-0.2, 0) is 5.60 Å². The summed E-state index contributed by atoms with van der Waals surface area (Å²) < 4.78 is 0.824. The first-order valence-electron chi connectivity index (χ1n) is 5.00. The van der Waals surface area contributed by atoms with Crippen LogP contribution in [0.15, 0.2) is 10.1 Å². The highest BCUT2D eigenvalue weighted by atomic mass is 79.9. The van der Waals surface area contributed by atoms with Gasteiger partial charge in [0, 0.05) is 0 Å². The van der Waals surface area contributed by atoms with E-state index in [1.54, 1.807) is 16.8 Å². The van der Waals surface area contributed by atoms with Crippen molar-refractivity contribution in [3.8, 4) is 0 Å². The van der Waals surface area contributed by atoms with Crippen LogP contribution in [0.1, 0.15) is 37.5 Å². The van der Waals surface area contributed by atoms with E-state index in [2.05, 4.69) is 27.8 Å². The summed E-state index contributed by atoms with van der Waals surface area (Å²) in [4.78, 5) is 5.17. The van der Waals surface area contributed by atoms with E-state index in [1.165, 1.54) is 0 Å². The summed E-state index contributed by atoms with van der Waals surface area (Å²) in [6.07, 6.45) is 4.18. The average Bonchev–Trinajstić information content (AvgIpc) is 2.72. The average molecular weight is 276 g/mol. The van der Waals surface area contributed by atoms with Gasteiger partial charge in [0.15, 0.2) is 0 Å². The molecule has 0 radical (unpaired) electrons. The van der Waals surface area contributed by atoms with E-state index in [1.807, 2.05) is 0 Å². The van der Waals surface area contributed by atoms with Gasteiger partial charge in [-0.3, -0.25) is 0 Å². The molecule has 0 aliphatic heterocycles. The molecule has 14 heavy (non-hydrogen) atoms. The topological polar surface area (TPSA) is 33.1 Å². The van der Waals surface area contributed by atoms with Gasteiger partial charge in [-0.2, -0.15) is 0 Å². The predicted octanol–water partition coefficient (Wildman–Crippen LogP) is 3.30. The van der Waals surface area contributed by atoms with Gasteiger partial charge in [0.05, 0.1) is 10.4 Å². The number of rotatable bonds is 2. The van der Waals surface area contributed by atoms with E-state index in [-0.39, 0.29) is 0 Å². The molecule has 0 bridgehead atoms. The fraction of sp³-hybridized carbons (Fsp3) is 0.700. The van der Waals surface area contributed by atoms with Gasteiger partial charge in [0.1, 0.15) is 10.2 Å². The van der Waals surface area contributed by atoms with Gasteiger partial charge < -0.3 is 5.11 Å². The van der Waals surface area contributed by atoms with Crippen LogP contribution < -0.4 is 0 Å². The maximum atomic E-state index is 10.6. The number of hydrogen-bond donors (Lipinski definition) is 1. The summed E-state index contributed by atoms with van der Waals surface area (Å²) in [5, 5.41) is 10.6. The van der Waals surface area contributed by atoms with Crippen molar-refractivity contribution in [1.29, 1.82) is 0 Å². The molecule has 1 heterocycles. The Labute approximate surface area is 96.5 Å². The Bertz CT molecular complexity index is 328. The van der Waals surface area contributed by atoms with E-state index in [0.717, 1.165) is 35.2 Å². The summed E-state index contributed by atoms with van der Waals surface area (Å²) in [5.74, 6) is 0.402. The number of halogens is 1. The minimum absolute atomic E-state index is 0.402. The molecule has 1 aromatic rings. The lowest BCUT2D eigenvalue weighted by Crippen LogP contribution is -2.29. The minimum atomic E-state index is -0.616. The predicted molar refractivity (Wildman–Crippen MR) is 61.3 cm³/mol. The largest absolute Gasteiger partial charge is 0.384 e. The number of nitrogens with zero attached hydrogens (tertiary/aromatic N) is 1. The van der Waals surface area contributed by atoms with Gasteiger partial charge in [-0.25, -0.2) is 4.98 Å². The van der Waals surface area contributed by atoms with Crippen LogP contribution in [-0.4, -0.2) is 10.1 Å². The Morgan fingerprint density at radius 2 is 2.57 bits per heavy atom. The summed E-state index contributed by atoms with van der Waals surface area (Å²) in [7, 11) is 0. The van der Waals surface area contributed by atoms with Gasteiger partial charge >= 0.3 is 0 Å². The lowest BCUT2D eigenvalue weighted by Gasteiger charge is -2.28. The molecule has 0 amide bonds. The second-order valence-corrected chi connectivity index (χ2v) is 5.50. The molecule has 1 aromatic heterocycles. The smallest absolute Gasteiger partial charge is 0.123 e.